The summed E-state index contributed by atoms with van der Waals surface area (Å²) in [6.07, 6.45) is 0.330. The average Bonchev–Trinajstić information content (AvgIpc) is 3.09. The van der Waals surface area contributed by atoms with Crippen LogP contribution in [0.4, 0.5) is 5.69 Å². The minimum absolute atomic E-state index is 0.0690. The molecule has 7 nitrogen and oxygen atoms in total. The van der Waals surface area contributed by atoms with Gasteiger partial charge < -0.3 is 10.1 Å². The number of nitrogens with one attached hydrogen (secondary N) is 1. The van der Waals surface area contributed by atoms with Crippen molar-refractivity contribution in [3.8, 4) is 17.4 Å². The van der Waals surface area contributed by atoms with E-state index in [1.54, 1.807) is 41.1 Å². The Hall–Kier alpha value is -4.00. The summed E-state index contributed by atoms with van der Waals surface area (Å²) in [5.74, 6) is 1.54. The van der Waals surface area contributed by atoms with Gasteiger partial charge in [0.25, 0.3) is 0 Å². The van der Waals surface area contributed by atoms with Crippen LogP contribution < -0.4 is 10.1 Å². The van der Waals surface area contributed by atoms with Crippen molar-refractivity contribution in [3.63, 3.8) is 0 Å². The zero-order chi connectivity index (χ0) is 20.9. The van der Waals surface area contributed by atoms with Crippen LogP contribution in [-0.2, 0) is 11.2 Å². The van der Waals surface area contributed by atoms with Crippen LogP contribution in [0.1, 0.15) is 17.0 Å². The lowest BCUT2D eigenvalue weighted by molar-refractivity contribution is -0.115. The summed E-state index contributed by atoms with van der Waals surface area (Å²) in [5.41, 5.74) is 3.58. The number of aromatic nitrogens is 4. The van der Waals surface area contributed by atoms with Crippen LogP contribution in [0.3, 0.4) is 0 Å². The largest absolute Gasteiger partial charge is 0.438 e. The van der Waals surface area contributed by atoms with Gasteiger partial charge in [-0.1, -0.05) is 30.3 Å². The van der Waals surface area contributed by atoms with Gasteiger partial charge in [-0.3, -0.25) is 4.79 Å². The Bertz CT molecular complexity index is 1140. The fourth-order valence-corrected chi connectivity index (χ4v) is 3.05. The minimum atomic E-state index is -0.0690. The van der Waals surface area contributed by atoms with E-state index in [9.17, 15) is 4.79 Å². The molecule has 4 aromatic rings. The molecule has 1 amide bonds. The Morgan fingerprint density at radius 1 is 0.967 bits per heavy atom. The molecule has 1 N–H and O–H groups in total. The maximum Gasteiger partial charge on any atom is 0.238 e. The smallest absolute Gasteiger partial charge is 0.238 e. The van der Waals surface area contributed by atoms with Gasteiger partial charge in [-0.25, -0.2) is 4.68 Å². The first-order valence-corrected chi connectivity index (χ1v) is 9.56. The van der Waals surface area contributed by atoms with Crippen molar-refractivity contribution in [1.29, 1.82) is 0 Å². The molecule has 0 aliphatic rings. The summed E-state index contributed by atoms with van der Waals surface area (Å²) >= 11 is 0. The number of benzene rings is 2. The summed E-state index contributed by atoms with van der Waals surface area (Å²) in [6.45, 7) is 3.90. The molecule has 2 aromatic carbocycles. The van der Waals surface area contributed by atoms with E-state index in [4.69, 9.17) is 4.74 Å². The molecular formula is C23H21N5O2. The Morgan fingerprint density at radius 3 is 2.37 bits per heavy atom. The lowest BCUT2D eigenvalue weighted by Crippen LogP contribution is -2.14. The first-order valence-electron chi connectivity index (χ1n) is 9.56. The molecule has 30 heavy (non-hydrogen) atoms. The third kappa shape index (κ3) is 4.70. The molecule has 2 aromatic heterocycles. The van der Waals surface area contributed by atoms with Crippen LogP contribution in [0.25, 0.3) is 5.82 Å². The molecule has 7 heteroatoms. The van der Waals surface area contributed by atoms with Crippen LogP contribution in [0.15, 0.2) is 72.8 Å². The van der Waals surface area contributed by atoms with Crippen molar-refractivity contribution >= 4 is 11.6 Å². The van der Waals surface area contributed by atoms with Crippen LogP contribution in [0.5, 0.6) is 11.6 Å². The quantitative estimate of drug-likeness (QED) is 0.524. The fourth-order valence-electron chi connectivity index (χ4n) is 3.05. The van der Waals surface area contributed by atoms with Gasteiger partial charge in [0.1, 0.15) is 5.75 Å². The predicted octanol–water partition coefficient (Wildman–Crippen LogP) is 4.25. The Morgan fingerprint density at radius 2 is 1.73 bits per heavy atom. The summed E-state index contributed by atoms with van der Waals surface area (Å²) in [5, 5.41) is 15.6. The second-order valence-electron chi connectivity index (χ2n) is 6.91. The monoisotopic (exact) mass is 399 g/mol. The zero-order valence-electron chi connectivity index (χ0n) is 16.7. The molecule has 0 radical (unpaired) electrons. The van der Waals surface area contributed by atoms with E-state index < -0.39 is 0 Å². The van der Waals surface area contributed by atoms with Crippen molar-refractivity contribution in [2.24, 2.45) is 0 Å². The average molecular weight is 399 g/mol. The molecule has 0 atom stereocenters. The topological polar surface area (TPSA) is 81.9 Å². The third-order valence-electron chi connectivity index (χ3n) is 4.42. The fraction of sp³-hybridized carbons (Fsp3) is 0.130. The number of nitrogens with zero attached hydrogens (tertiary/aromatic N) is 4. The van der Waals surface area contributed by atoms with Gasteiger partial charge in [0, 0.05) is 17.4 Å². The number of hydrogen-bond acceptors (Lipinski definition) is 5. The maximum absolute atomic E-state index is 12.2. The summed E-state index contributed by atoms with van der Waals surface area (Å²) in [4.78, 5) is 12.2. The third-order valence-corrected chi connectivity index (χ3v) is 4.42. The molecule has 2 heterocycles. The number of ether oxygens (including phenoxy) is 1. The first-order chi connectivity index (χ1) is 14.6. The molecule has 0 saturated carbocycles. The Kier molecular flexibility index (Phi) is 5.52. The van der Waals surface area contributed by atoms with Crippen LogP contribution in [0.2, 0.25) is 0 Å². The SMILES string of the molecule is Cc1cc(C)n(-c2ccc(Oc3ccc(NC(=O)Cc4ccccc4)cc3)nn2)n1. The molecule has 0 aliphatic carbocycles. The second-order valence-corrected chi connectivity index (χ2v) is 6.91. The highest BCUT2D eigenvalue weighted by Gasteiger charge is 2.08. The normalized spacial score (nSPS) is 10.6. The van der Waals surface area contributed by atoms with E-state index in [0.29, 0.717) is 29.6 Å². The Labute approximate surface area is 174 Å². The van der Waals surface area contributed by atoms with E-state index >= 15 is 0 Å². The number of amides is 1. The van der Waals surface area contributed by atoms with E-state index in [1.165, 1.54) is 0 Å². The molecule has 0 unspecified atom stereocenters. The molecule has 0 spiro atoms. The van der Waals surface area contributed by atoms with Gasteiger partial charge in [0.05, 0.1) is 12.1 Å². The van der Waals surface area contributed by atoms with Gasteiger partial charge in [-0.05, 0) is 55.8 Å². The van der Waals surface area contributed by atoms with E-state index in [1.807, 2.05) is 50.2 Å². The second kappa shape index (κ2) is 8.57. The first kappa shape index (κ1) is 19.3. The predicted molar refractivity (Wildman–Crippen MR) is 114 cm³/mol. The van der Waals surface area contributed by atoms with Gasteiger partial charge in [-0.15, -0.1) is 10.2 Å². The lowest BCUT2D eigenvalue weighted by atomic mass is 10.1. The molecule has 150 valence electrons. The van der Waals surface area contributed by atoms with Crippen molar-refractivity contribution < 1.29 is 9.53 Å². The van der Waals surface area contributed by atoms with Gasteiger partial charge >= 0.3 is 0 Å². The van der Waals surface area contributed by atoms with Crippen LogP contribution in [0, 0.1) is 13.8 Å². The van der Waals surface area contributed by atoms with E-state index in [-0.39, 0.29) is 5.91 Å². The van der Waals surface area contributed by atoms with Crippen LogP contribution in [-0.4, -0.2) is 25.9 Å². The molecule has 0 saturated heterocycles. The standard InChI is InChI=1S/C23H21N5O2/c1-16-14-17(2)28(27-16)21-12-13-23(26-25-21)30-20-10-8-19(9-11-20)24-22(29)15-18-6-4-3-5-7-18/h3-14H,15H2,1-2H3,(H,24,29). The highest BCUT2D eigenvalue weighted by Crippen LogP contribution is 2.22. The Balaban J connectivity index is 1.36. The highest BCUT2D eigenvalue weighted by molar-refractivity contribution is 5.92. The van der Waals surface area contributed by atoms with Crippen molar-refractivity contribution in [2.75, 3.05) is 5.32 Å². The number of carbonyl (C=O) groups excluding carboxylic acids is 1. The minimum Gasteiger partial charge on any atom is -0.438 e. The number of hydrogen-bond donors (Lipinski definition) is 1. The molecule has 0 fully saturated rings. The number of anilines is 1. The highest BCUT2D eigenvalue weighted by atomic mass is 16.5. The maximum atomic E-state index is 12.2. The van der Waals surface area contributed by atoms with Crippen molar-refractivity contribution in [2.45, 2.75) is 20.3 Å². The van der Waals surface area contributed by atoms with Gasteiger partial charge in [0.2, 0.25) is 11.8 Å². The molecule has 0 aliphatic heterocycles. The lowest BCUT2D eigenvalue weighted by Gasteiger charge is -2.08. The van der Waals surface area contributed by atoms with Gasteiger partial charge in [-0.2, -0.15) is 5.10 Å². The molecule has 0 bridgehead atoms. The van der Waals surface area contributed by atoms with Crippen molar-refractivity contribution in [1.82, 2.24) is 20.0 Å². The summed E-state index contributed by atoms with van der Waals surface area (Å²) in [6, 6.07) is 22.3. The number of rotatable bonds is 6. The zero-order valence-corrected chi connectivity index (χ0v) is 16.7. The molecule has 4 rings (SSSR count). The number of aryl methyl sites for hydroxylation is 2. The van der Waals surface area contributed by atoms with E-state index in [0.717, 1.165) is 17.0 Å². The summed E-state index contributed by atoms with van der Waals surface area (Å²) in [7, 11) is 0. The summed E-state index contributed by atoms with van der Waals surface area (Å²) < 4.78 is 7.48. The molecular weight excluding hydrogens is 378 g/mol. The van der Waals surface area contributed by atoms with E-state index in [2.05, 4.69) is 20.6 Å². The van der Waals surface area contributed by atoms with Crippen LogP contribution >= 0.6 is 0 Å². The van der Waals surface area contributed by atoms with Gasteiger partial charge in [0.15, 0.2) is 5.82 Å². The van der Waals surface area contributed by atoms with Crippen molar-refractivity contribution in [3.05, 3.63) is 89.7 Å². The number of carbonyl (C=O) groups is 1.